The summed E-state index contributed by atoms with van der Waals surface area (Å²) in [7, 11) is 0. The van der Waals surface area contributed by atoms with Crippen LogP contribution in [0.15, 0.2) is 47.6 Å². The summed E-state index contributed by atoms with van der Waals surface area (Å²) in [5, 5.41) is 5.83. The van der Waals surface area contributed by atoms with Crippen LogP contribution in [0, 0.1) is 17.2 Å². The summed E-state index contributed by atoms with van der Waals surface area (Å²) < 4.78 is 31.4. The lowest BCUT2D eigenvalue weighted by molar-refractivity contribution is 0.318. The van der Waals surface area contributed by atoms with Crippen molar-refractivity contribution >= 4 is 17.3 Å². The Hall–Kier alpha value is -2.61. The maximum atomic E-state index is 13.7. The fourth-order valence-electron chi connectivity index (χ4n) is 1.40. The summed E-state index contributed by atoms with van der Waals surface area (Å²) in [6, 6.07) is 4.40. The average Bonchev–Trinajstić information content (AvgIpc) is 2.53. The van der Waals surface area contributed by atoms with Gasteiger partial charge in [-0.2, -0.15) is 5.11 Å². The molecule has 1 aromatic heterocycles. The second kappa shape index (κ2) is 7.41. The minimum absolute atomic E-state index is 0.0290. The Balaban J connectivity index is 2.00. The first-order chi connectivity index (χ1) is 10.6. The molecule has 114 valence electrons. The molecule has 0 saturated carbocycles. The molecule has 0 aliphatic carbocycles. The van der Waals surface area contributed by atoms with Gasteiger partial charge in [0.1, 0.15) is 12.3 Å². The van der Waals surface area contributed by atoms with Crippen LogP contribution >= 0.6 is 11.6 Å². The number of aromatic nitrogens is 2. The van der Waals surface area contributed by atoms with Gasteiger partial charge in [0.05, 0.1) is 23.1 Å². The van der Waals surface area contributed by atoms with Crippen molar-refractivity contribution in [3.05, 3.63) is 59.1 Å². The molecule has 0 saturated heterocycles. The molecule has 9 heteroatoms. The zero-order valence-electron chi connectivity index (χ0n) is 11.1. The van der Waals surface area contributed by atoms with Crippen LogP contribution in [0.5, 0.6) is 6.01 Å². The zero-order valence-corrected chi connectivity index (χ0v) is 11.8. The second-order valence-corrected chi connectivity index (χ2v) is 4.37. The number of halogens is 3. The number of hydrogen-bond acceptors (Lipinski definition) is 6. The molecule has 0 unspecified atom stereocenters. The van der Waals surface area contributed by atoms with Crippen molar-refractivity contribution in [3.63, 3.8) is 0 Å². The number of ether oxygens (including phenoxy) is 1. The van der Waals surface area contributed by atoms with E-state index in [0.29, 0.717) is 0 Å². The molecule has 1 aromatic carbocycles. The van der Waals surface area contributed by atoms with Gasteiger partial charge in [-0.1, -0.05) is 17.7 Å². The monoisotopic (exact) mass is 325 g/mol. The predicted octanol–water partition coefficient (Wildman–Crippen LogP) is 3.77. The summed E-state index contributed by atoms with van der Waals surface area (Å²) in [5.74, 6) is -1.21. The van der Waals surface area contributed by atoms with Gasteiger partial charge in [-0.25, -0.2) is 24.3 Å². The van der Waals surface area contributed by atoms with Crippen molar-refractivity contribution in [2.75, 3.05) is 11.9 Å². The van der Waals surface area contributed by atoms with Crippen molar-refractivity contribution in [3.8, 4) is 6.01 Å². The number of rotatable bonds is 6. The van der Waals surface area contributed by atoms with Crippen LogP contribution < -0.4 is 10.1 Å². The average molecular weight is 326 g/mol. The number of anilines is 1. The van der Waals surface area contributed by atoms with E-state index in [1.54, 1.807) is 6.07 Å². The topological polar surface area (TPSA) is 83.2 Å². The Labute approximate surface area is 129 Å². The highest BCUT2D eigenvalue weighted by Crippen LogP contribution is 2.22. The fourth-order valence-corrected chi connectivity index (χ4v) is 1.57. The summed E-state index contributed by atoms with van der Waals surface area (Å²) in [5.41, 5.74) is 7.31. The van der Waals surface area contributed by atoms with Gasteiger partial charge in [-0.3, -0.25) is 0 Å². The molecule has 0 fully saturated rings. The zero-order chi connectivity index (χ0) is 15.9. The molecule has 0 amide bonds. The first-order valence-electron chi connectivity index (χ1n) is 5.97. The van der Waals surface area contributed by atoms with Crippen LogP contribution in [-0.2, 0) is 0 Å². The van der Waals surface area contributed by atoms with E-state index in [9.17, 15) is 8.78 Å². The van der Waals surface area contributed by atoms with Crippen LogP contribution in [0.2, 0.25) is 5.02 Å². The quantitative estimate of drug-likeness (QED) is 0.792. The minimum atomic E-state index is -0.618. The van der Waals surface area contributed by atoms with Crippen molar-refractivity contribution in [1.29, 1.82) is 5.53 Å². The van der Waals surface area contributed by atoms with Crippen molar-refractivity contribution in [1.82, 2.24) is 9.97 Å². The third kappa shape index (κ3) is 4.19. The Kier molecular flexibility index (Phi) is 5.31. The van der Waals surface area contributed by atoms with E-state index < -0.39 is 11.6 Å². The number of hydrogen-bond donors (Lipinski definition) is 2. The lowest BCUT2D eigenvalue weighted by Crippen LogP contribution is -2.05. The maximum absolute atomic E-state index is 13.7. The summed E-state index contributed by atoms with van der Waals surface area (Å²) in [6.45, 7) is -0.148. The molecule has 0 atom stereocenters. The van der Waals surface area contributed by atoms with Crippen LogP contribution in [0.1, 0.15) is 0 Å². The fraction of sp³-hybridized carbons (Fsp3) is 0.0769. The lowest BCUT2D eigenvalue weighted by atomic mass is 10.3. The van der Waals surface area contributed by atoms with E-state index in [4.69, 9.17) is 21.9 Å². The first-order valence-corrected chi connectivity index (χ1v) is 6.35. The first kappa shape index (κ1) is 15.8. The Morgan fingerprint density at radius 3 is 2.77 bits per heavy atom. The van der Waals surface area contributed by atoms with Gasteiger partial charge in [-0.05, 0) is 12.1 Å². The molecule has 0 spiro atoms. The molecular weight excluding hydrogens is 316 g/mol. The van der Waals surface area contributed by atoms with Crippen LogP contribution in [-0.4, -0.2) is 16.6 Å². The van der Waals surface area contributed by atoms with E-state index in [1.807, 2.05) is 0 Å². The van der Waals surface area contributed by atoms with Gasteiger partial charge >= 0.3 is 6.01 Å². The number of nitrogens with one attached hydrogen (secondary N) is 2. The largest absolute Gasteiger partial charge is 0.457 e. The van der Waals surface area contributed by atoms with Gasteiger partial charge in [0, 0.05) is 6.20 Å². The van der Waals surface area contributed by atoms with Crippen LogP contribution in [0.25, 0.3) is 0 Å². The molecule has 0 aliphatic heterocycles. The lowest BCUT2D eigenvalue weighted by Gasteiger charge is -2.06. The Morgan fingerprint density at radius 1 is 1.36 bits per heavy atom. The molecule has 0 bridgehead atoms. The smallest absolute Gasteiger partial charge is 0.316 e. The van der Waals surface area contributed by atoms with E-state index in [-0.39, 0.29) is 29.0 Å². The predicted molar refractivity (Wildman–Crippen MR) is 75.7 cm³/mol. The van der Waals surface area contributed by atoms with Crippen LogP contribution in [0.4, 0.5) is 14.5 Å². The van der Waals surface area contributed by atoms with Gasteiger partial charge in [0.15, 0.2) is 11.6 Å². The maximum Gasteiger partial charge on any atom is 0.316 e. The number of nitrogens with zero attached hydrogens (tertiary/aromatic N) is 3. The highest BCUT2D eigenvalue weighted by Gasteiger charge is 2.06. The molecule has 2 N–H and O–H groups in total. The SMILES string of the molecule is N=N/C(=C\Nc1cccc(Cl)c1F)COc1ncc(F)cn1. The highest BCUT2D eigenvalue weighted by molar-refractivity contribution is 6.31. The second-order valence-electron chi connectivity index (χ2n) is 3.97. The minimum Gasteiger partial charge on any atom is -0.457 e. The summed E-state index contributed by atoms with van der Waals surface area (Å²) in [6.07, 6.45) is 3.18. The van der Waals surface area contributed by atoms with E-state index in [2.05, 4.69) is 20.4 Å². The van der Waals surface area contributed by atoms with E-state index in [1.165, 1.54) is 18.3 Å². The standard InChI is InChI=1S/C13H10ClF2N5O/c14-10-2-1-3-11(12(10)16)18-6-9(21-17)7-22-13-19-4-8(15)5-20-13/h1-6,17-18H,7H2/b9-6-,21-17?. The molecule has 0 radical (unpaired) electrons. The third-order valence-electron chi connectivity index (χ3n) is 2.44. The molecule has 2 aromatic rings. The van der Waals surface area contributed by atoms with Crippen molar-refractivity contribution < 1.29 is 13.5 Å². The summed E-state index contributed by atoms with van der Waals surface area (Å²) >= 11 is 5.65. The summed E-state index contributed by atoms with van der Waals surface area (Å²) in [4.78, 5) is 7.18. The molecule has 1 heterocycles. The van der Waals surface area contributed by atoms with Gasteiger partial charge in [0.2, 0.25) is 0 Å². The van der Waals surface area contributed by atoms with Crippen molar-refractivity contribution in [2.24, 2.45) is 5.11 Å². The normalized spacial score (nSPS) is 11.1. The third-order valence-corrected chi connectivity index (χ3v) is 2.73. The molecule has 6 nitrogen and oxygen atoms in total. The van der Waals surface area contributed by atoms with E-state index >= 15 is 0 Å². The van der Waals surface area contributed by atoms with E-state index in [0.717, 1.165) is 12.4 Å². The molecule has 22 heavy (non-hydrogen) atoms. The number of benzene rings is 1. The van der Waals surface area contributed by atoms with Gasteiger partial charge in [0.25, 0.3) is 0 Å². The van der Waals surface area contributed by atoms with Crippen LogP contribution in [0.3, 0.4) is 0 Å². The highest BCUT2D eigenvalue weighted by atomic mass is 35.5. The molecular formula is C13H10ClF2N5O. The van der Waals surface area contributed by atoms with Crippen molar-refractivity contribution in [2.45, 2.75) is 0 Å². The van der Waals surface area contributed by atoms with Gasteiger partial charge < -0.3 is 10.1 Å². The molecule has 2 rings (SSSR count). The Bertz CT molecular complexity index is 693. The van der Waals surface area contributed by atoms with Gasteiger partial charge in [-0.15, -0.1) is 0 Å². The Morgan fingerprint density at radius 2 is 2.09 bits per heavy atom. The molecule has 0 aliphatic rings.